The second-order valence-electron chi connectivity index (χ2n) is 1.95. The number of hydrogen-bond acceptors (Lipinski definition) is 3. The van der Waals surface area contributed by atoms with Gasteiger partial charge in [-0.05, 0) is 6.92 Å². The van der Waals surface area contributed by atoms with E-state index >= 15 is 0 Å². The van der Waals surface area contributed by atoms with Crippen molar-refractivity contribution in [2.24, 2.45) is 0 Å². The van der Waals surface area contributed by atoms with E-state index in [1.807, 2.05) is 0 Å². The Balaban J connectivity index is 2.88. The summed E-state index contributed by atoms with van der Waals surface area (Å²) in [6.07, 6.45) is 0. The van der Waals surface area contributed by atoms with E-state index in [-0.39, 0.29) is 5.02 Å². The predicted octanol–water partition coefficient (Wildman–Crippen LogP) is 3.23. The van der Waals surface area contributed by atoms with Gasteiger partial charge >= 0.3 is 5.97 Å². The van der Waals surface area contributed by atoms with Crippen molar-refractivity contribution in [2.75, 3.05) is 6.61 Å². The second-order valence-corrected chi connectivity index (χ2v) is 3.61. The van der Waals surface area contributed by atoms with Gasteiger partial charge in [0.05, 0.1) is 16.7 Å². The Morgan fingerprint density at radius 2 is 2.33 bits per heavy atom. The number of rotatable bonds is 2. The van der Waals surface area contributed by atoms with Crippen molar-refractivity contribution < 1.29 is 9.53 Å². The molecule has 1 aromatic rings. The highest BCUT2D eigenvalue weighted by Gasteiger charge is 2.15. The average Bonchev–Trinajstić information content (AvgIpc) is 2.34. The van der Waals surface area contributed by atoms with Crippen molar-refractivity contribution in [2.45, 2.75) is 6.92 Å². The molecule has 1 aromatic heterocycles. The first-order chi connectivity index (χ1) is 5.66. The summed E-state index contributed by atoms with van der Waals surface area (Å²) in [5, 5.41) is 2.28. The summed E-state index contributed by atoms with van der Waals surface area (Å²) < 4.78 is 4.75. The van der Waals surface area contributed by atoms with E-state index in [1.54, 1.807) is 12.3 Å². The van der Waals surface area contributed by atoms with Gasteiger partial charge in [-0.1, -0.05) is 23.2 Å². The summed E-state index contributed by atoms with van der Waals surface area (Å²) in [4.78, 5) is 11.5. The van der Waals surface area contributed by atoms with Crippen molar-refractivity contribution in [3.63, 3.8) is 0 Å². The Kier molecular flexibility index (Phi) is 3.38. The summed E-state index contributed by atoms with van der Waals surface area (Å²) in [5.41, 5.74) is 0. The van der Waals surface area contributed by atoms with Gasteiger partial charge in [0.2, 0.25) is 0 Å². The van der Waals surface area contributed by atoms with Crippen LogP contribution in [0.15, 0.2) is 5.38 Å². The Hall–Kier alpha value is -0.250. The molecule has 1 rings (SSSR count). The molecule has 0 N–H and O–H groups in total. The lowest BCUT2D eigenvalue weighted by Crippen LogP contribution is -2.02. The first-order valence-corrected chi connectivity index (χ1v) is 4.90. The van der Waals surface area contributed by atoms with E-state index in [1.165, 1.54) is 11.3 Å². The molecule has 0 aliphatic carbocycles. The van der Waals surface area contributed by atoms with Gasteiger partial charge in [0, 0.05) is 5.38 Å². The van der Waals surface area contributed by atoms with Crippen LogP contribution in [-0.4, -0.2) is 12.6 Å². The van der Waals surface area contributed by atoms with Gasteiger partial charge in [-0.25, -0.2) is 4.79 Å². The highest BCUT2D eigenvalue weighted by Crippen LogP contribution is 2.32. The van der Waals surface area contributed by atoms with Crippen LogP contribution < -0.4 is 0 Å². The lowest BCUT2D eigenvalue weighted by Gasteiger charge is -1.97. The molecule has 0 fully saturated rings. The highest BCUT2D eigenvalue weighted by molar-refractivity contribution is 7.13. The van der Waals surface area contributed by atoms with Crippen LogP contribution in [0.4, 0.5) is 0 Å². The number of carbonyl (C=O) groups excluding carboxylic acids is 1. The predicted molar refractivity (Wildman–Crippen MR) is 50.3 cm³/mol. The third-order valence-electron chi connectivity index (χ3n) is 1.15. The SMILES string of the molecule is CCOC(=O)c1scc(Cl)c1Cl. The topological polar surface area (TPSA) is 26.3 Å². The minimum atomic E-state index is -0.417. The van der Waals surface area contributed by atoms with Crippen molar-refractivity contribution in [1.82, 2.24) is 0 Å². The van der Waals surface area contributed by atoms with Crippen molar-refractivity contribution in [3.05, 3.63) is 20.3 Å². The minimum Gasteiger partial charge on any atom is -0.462 e. The zero-order valence-electron chi connectivity index (χ0n) is 6.27. The number of thiophene rings is 1. The number of carbonyl (C=O) groups is 1. The molecule has 0 saturated carbocycles. The molecule has 0 radical (unpaired) electrons. The normalized spacial score (nSPS) is 9.92. The lowest BCUT2D eigenvalue weighted by atomic mass is 10.5. The lowest BCUT2D eigenvalue weighted by molar-refractivity contribution is 0.0532. The number of hydrogen-bond donors (Lipinski definition) is 0. The summed E-state index contributed by atoms with van der Waals surface area (Å²) >= 11 is 12.5. The number of ether oxygens (including phenoxy) is 1. The van der Waals surface area contributed by atoms with E-state index in [0.29, 0.717) is 16.5 Å². The largest absolute Gasteiger partial charge is 0.462 e. The Bertz CT molecular complexity index is 296. The van der Waals surface area contributed by atoms with E-state index in [0.717, 1.165) is 0 Å². The smallest absolute Gasteiger partial charge is 0.349 e. The van der Waals surface area contributed by atoms with Crippen LogP contribution in [0.25, 0.3) is 0 Å². The fraction of sp³-hybridized carbons (Fsp3) is 0.286. The first-order valence-electron chi connectivity index (χ1n) is 3.26. The molecule has 12 heavy (non-hydrogen) atoms. The standard InChI is InChI=1S/C7H6Cl2O2S/c1-2-11-7(10)6-5(9)4(8)3-12-6/h3H,2H2,1H3. The molecule has 0 atom stereocenters. The van der Waals surface area contributed by atoms with Gasteiger partial charge < -0.3 is 4.74 Å². The van der Waals surface area contributed by atoms with Crippen LogP contribution in [0.2, 0.25) is 10.0 Å². The molecule has 0 spiro atoms. The van der Waals surface area contributed by atoms with Gasteiger partial charge in [0.1, 0.15) is 4.88 Å². The van der Waals surface area contributed by atoms with Gasteiger partial charge in [-0.3, -0.25) is 0 Å². The first kappa shape index (κ1) is 9.84. The van der Waals surface area contributed by atoms with E-state index in [4.69, 9.17) is 27.9 Å². The van der Waals surface area contributed by atoms with Crippen molar-refractivity contribution in [3.8, 4) is 0 Å². The Morgan fingerprint density at radius 1 is 1.67 bits per heavy atom. The molecule has 0 bridgehead atoms. The van der Waals surface area contributed by atoms with E-state index < -0.39 is 5.97 Å². The summed E-state index contributed by atoms with van der Waals surface area (Å²) in [5.74, 6) is -0.417. The van der Waals surface area contributed by atoms with Crippen LogP contribution >= 0.6 is 34.5 Å². The summed E-state index contributed by atoms with van der Waals surface area (Å²) in [6, 6.07) is 0. The monoisotopic (exact) mass is 224 g/mol. The Labute approximate surface area is 84.0 Å². The molecule has 0 unspecified atom stereocenters. The third-order valence-corrected chi connectivity index (χ3v) is 3.14. The molecule has 0 aliphatic rings. The molecule has 0 amide bonds. The van der Waals surface area contributed by atoms with Crippen LogP contribution in [0, 0.1) is 0 Å². The summed E-state index contributed by atoms with van der Waals surface area (Å²) in [6.45, 7) is 2.08. The molecule has 0 aliphatic heterocycles. The van der Waals surface area contributed by atoms with Gasteiger partial charge in [0.15, 0.2) is 0 Å². The molecule has 0 aromatic carbocycles. The fourth-order valence-electron chi connectivity index (χ4n) is 0.657. The van der Waals surface area contributed by atoms with Gasteiger partial charge in [-0.2, -0.15) is 0 Å². The molecule has 66 valence electrons. The maximum atomic E-state index is 11.1. The van der Waals surface area contributed by atoms with Crippen LogP contribution in [0.5, 0.6) is 0 Å². The van der Waals surface area contributed by atoms with Crippen molar-refractivity contribution in [1.29, 1.82) is 0 Å². The number of esters is 1. The molecule has 0 saturated heterocycles. The highest BCUT2D eigenvalue weighted by atomic mass is 35.5. The van der Waals surface area contributed by atoms with Crippen LogP contribution in [-0.2, 0) is 4.74 Å². The number of halogens is 2. The van der Waals surface area contributed by atoms with Crippen LogP contribution in [0.1, 0.15) is 16.6 Å². The molecular formula is C7H6Cl2O2S. The Morgan fingerprint density at radius 3 is 2.75 bits per heavy atom. The van der Waals surface area contributed by atoms with Gasteiger partial charge in [0.25, 0.3) is 0 Å². The zero-order chi connectivity index (χ0) is 9.14. The average molecular weight is 225 g/mol. The molecule has 1 heterocycles. The van der Waals surface area contributed by atoms with E-state index in [9.17, 15) is 4.79 Å². The zero-order valence-corrected chi connectivity index (χ0v) is 8.59. The fourth-order valence-corrected chi connectivity index (χ4v) is 1.98. The maximum Gasteiger partial charge on any atom is 0.349 e. The summed E-state index contributed by atoms with van der Waals surface area (Å²) in [7, 11) is 0. The minimum absolute atomic E-state index is 0.278. The van der Waals surface area contributed by atoms with E-state index in [2.05, 4.69) is 0 Å². The molecule has 2 nitrogen and oxygen atoms in total. The quantitative estimate of drug-likeness (QED) is 0.722. The van der Waals surface area contributed by atoms with Crippen LogP contribution in [0.3, 0.4) is 0 Å². The maximum absolute atomic E-state index is 11.1. The third kappa shape index (κ3) is 1.91. The van der Waals surface area contributed by atoms with Gasteiger partial charge in [-0.15, -0.1) is 11.3 Å². The molecular weight excluding hydrogens is 219 g/mol. The molecule has 5 heteroatoms. The van der Waals surface area contributed by atoms with Crippen molar-refractivity contribution >= 4 is 40.5 Å². The second kappa shape index (κ2) is 4.12.